The highest BCUT2D eigenvalue weighted by molar-refractivity contribution is 5.80. The molecule has 4 nitrogen and oxygen atoms in total. The summed E-state index contributed by atoms with van der Waals surface area (Å²) in [5, 5.41) is 11.7. The molecule has 0 saturated carbocycles. The number of hydrogen-bond donors (Lipinski definition) is 2. The van der Waals surface area contributed by atoms with E-state index >= 15 is 0 Å². The summed E-state index contributed by atoms with van der Waals surface area (Å²) in [5.41, 5.74) is 2.87. The molecule has 105 valence electrons. The first-order valence-electron chi connectivity index (χ1n) is 6.96. The Balaban J connectivity index is 2.19. The molecule has 1 aliphatic rings. The lowest BCUT2D eigenvalue weighted by molar-refractivity contribution is -0.124. The number of hydrazine groups is 1. The number of aliphatic hydroxyl groups is 1. The van der Waals surface area contributed by atoms with E-state index in [2.05, 4.69) is 26.2 Å². The summed E-state index contributed by atoms with van der Waals surface area (Å²) in [6, 6.07) is 0. The van der Waals surface area contributed by atoms with Gasteiger partial charge in [-0.2, -0.15) is 0 Å². The summed E-state index contributed by atoms with van der Waals surface area (Å²) in [6.45, 7) is 11.7. The monoisotopic (exact) mass is 255 g/mol. The van der Waals surface area contributed by atoms with E-state index in [1.54, 1.807) is 0 Å². The number of nitrogens with one attached hydrogen (secondary N) is 1. The predicted molar refractivity (Wildman–Crippen MR) is 72.4 cm³/mol. The topological polar surface area (TPSA) is 52.6 Å². The molecule has 1 fully saturated rings. The van der Waals surface area contributed by atoms with Gasteiger partial charge < -0.3 is 5.11 Å². The van der Waals surface area contributed by atoms with Crippen LogP contribution in [0.2, 0.25) is 0 Å². The Morgan fingerprint density at radius 1 is 1.50 bits per heavy atom. The van der Waals surface area contributed by atoms with Crippen LogP contribution in [0.15, 0.2) is 0 Å². The van der Waals surface area contributed by atoms with Crippen molar-refractivity contribution in [3.05, 3.63) is 6.92 Å². The first kappa shape index (κ1) is 15.4. The Labute approximate surface area is 111 Å². The molecule has 1 heterocycles. The number of aliphatic hydroxyl groups excluding tert-OH is 1. The van der Waals surface area contributed by atoms with Gasteiger partial charge in [0.05, 0.1) is 12.0 Å². The lowest BCUT2D eigenvalue weighted by atomic mass is 9.96. The van der Waals surface area contributed by atoms with Gasteiger partial charge in [0.1, 0.15) is 0 Å². The molecule has 0 aromatic heterocycles. The van der Waals surface area contributed by atoms with Crippen LogP contribution in [-0.4, -0.2) is 35.2 Å². The zero-order valence-corrected chi connectivity index (χ0v) is 11.9. The molecule has 1 radical (unpaired) electrons. The largest absolute Gasteiger partial charge is 0.393 e. The molecule has 2 N–H and O–H groups in total. The number of nitrogens with zero attached hydrogens (tertiary/aromatic N) is 1. The Morgan fingerprint density at radius 3 is 2.67 bits per heavy atom. The quantitative estimate of drug-likeness (QED) is 0.726. The van der Waals surface area contributed by atoms with E-state index < -0.39 is 0 Å². The molecule has 1 aliphatic heterocycles. The van der Waals surface area contributed by atoms with Crippen molar-refractivity contribution in [3.63, 3.8) is 0 Å². The van der Waals surface area contributed by atoms with Gasteiger partial charge in [-0.15, -0.1) is 0 Å². The second-order valence-electron chi connectivity index (χ2n) is 5.93. The van der Waals surface area contributed by atoms with Gasteiger partial charge >= 0.3 is 0 Å². The van der Waals surface area contributed by atoms with Crippen LogP contribution in [0.4, 0.5) is 0 Å². The normalized spacial score (nSPS) is 22.8. The molecule has 1 saturated heterocycles. The fourth-order valence-corrected chi connectivity index (χ4v) is 2.37. The molecule has 1 amide bonds. The molecule has 3 unspecified atom stereocenters. The van der Waals surface area contributed by atoms with Crippen LogP contribution >= 0.6 is 0 Å². The molecular weight excluding hydrogens is 228 g/mol. The first-order valence-corrected chi connectivity index (χ1v) is 6.96. The maximum atomic E-state index is 11.6. The predicted octanol–water partition coefficient (Wildman–Crippen LogP) is 1.61. The Hall–Kier alpha value is -0.610. The van der Waals surface area contributed by atoms with Crippen LogP contribution in [0, 0.1) is 24.7 Å². The van der Waals surface area contributed by atoms with Gasteiger partial charge in [0, 0.05) is 13.1 Å². The van der Waals surface area contributed by atoms with Crippen molar-refractivity contribution in [2.24, 2.45) is 17.8 Å². The number of carbonyl (C=O) groups is 1. The highest BCUT2D eigenvalue weighted by Gasteiger charge is 2.32. The summed E-state index contributed by atoms with van der Waals surface area (Å²) in [7, 11) is 0. The molecule has 0 aromatic carbocycles. The molecule has 0 aromatic rings. The molecule has 1 rings (SSSR count). The SMILES string of the molecule is [CH2]C(C)C1CN(CCCC(O)CC(C)C)NC1=O. The van der Waals surface area contributed by atoms with Gasteiger partial charge in [0.2, 0.25) is 5.91 Å². The van der Waals surface area contributed by atoms with Crippen LogP contribution in [0.5, 0.6) is 0 Å². The summed E-state index contributed by atoms with van der Waals surface area (Å²) in [4.78, 5) is 11.6. The molecule has 0 spiro atoms. The Bertz CT molecular complexity index is 267. The zero-order valence-electron chi connectivity index (χ0n) is 11.9. The smallest absolute Gasteiger partial charge is 0.239 e. The molecule has 4 heteroatoms. The van der Waals surface area contributed by atoms with Crippen molar-refractivity contribution in [1.29, 1.82) is 0 Å². The summed E-state index contributed by atoms with van der Waals surface area (Å²) in [5.74, 6) is 0.759. The lowest BCUT2D eigenvalue weighted by Crippen LogP contribution is -2.34. The highest BCUT2D eigenvalue weighted by Crippen LogP contribution is 2.18. The molecule has 0 bridgehead atoms. The molecule has 3 atom stereocenters. The average Bonchev–Trinajstić information content (AvgIpc) is 2.58. The highest BCUT2D eigenvalue weighted by atomic mass is 16.3. The average molecular weight is 255 g/mol. The van der Waals surface area contributed by atoms with Gasteiger partial charge in [-0.25, -0.2) is 5.01 Å². The van der Waals surface area contributed by atoms with Crippen molar-refractivity contribution in [3.8, 4) is 0 Å². The lowest BCUT2D eigenvalue weighted by Gasteiger charge is -2.17. The fourth-order valence-electron chi connectivity index (χ4n) is 2.37. The van der Waals surface area contributed by atoms with Gasteiger partial charge in [-0.3, -0.25) is 10.2 Å². The van der Waals surface area contributed by atoms with Crippen LogP contribution in [-0.2, 0) is 4.79 Å². The van der Waals surface area contributed by atoms with Gasteiger partial charge in [-0.05, 0) is 38.0 Å². The van der Waals surface area contributed by atoms with Gasteiger partial charge in [-0.1, -0.05) is 20.8 Å². The van der Waals surface area contributed by atoms with Crippen LogP contribution in [0.3, 0.4) is 0 Å². The second-order valence-corrected chi connectivity index (χ2v) is 5.93. The van der Waals surface area contributed by atoms with E-state index in [1.165, 1.54) is 0 Å². The molecule has 0 aliphatic carbocycles. The van der Waals surface area contributed by atoms with Crippen LogP contribution < -0.4 is 5.43 Å². The van der Waals surface area contributed by atoms with Crippen molar-refractivity contribution in [2.75, 3.05) is 13.1 Å². The third-order valence-electron chi connectivity index (χ3n) is 3.42. The molecule has 18 heavy (non-hydrogen) atoms. The third-order valence-corrected chi connectivity index (χ3v) is 3.42. The first-order chi connectivity index (χ1) is 8.40. The number of carbonyl (C=O) groups excluding carboxylic acids is 1. The summed E-state index contributed by atoms with van der Waals surface area (Å²) in [6.07, 6.45) is 2.35. The second kappa shape index (κ2) is 7.10. The third kappa shape index (κ3) is 4.94. The zero-order chi connectivity index (χ0) is 13.7. The van der Waals surface area contributed by atoms with Crippen molar-refractivity contribution < 1.29 is 9.90 Å². The van der Waals surface area contributed by atoms with E-state index in [4.69, 9.17) is 0 Å². The van der Waals surface area contributed by atoms with Crippen LogP contribution in [0.1, 0.15) is 40.0 Å². The minimum absolute atomic E-state index is 0.00517. The standard InChI is InChI=1S/C14H27N2O2/c1-10(2)8-12(17)6-5-7-16-9-13(11(3)4)14(18)15-16/h10-13,17H,3,5-9H2,1-2,4H3,(H,15,18). The maximum absolute atomic E-state index is 11.6. The number of amides is 1. The minimum Gasteiger partial charge on any atom is -0.393 e. The van der Waals surface area contributed by atoms with Crippen molar-refractivity contribution in [1.82, 2.24) is 10.4 Å². The van der Waals surface area contributed by atoms with Crippen molar-refractivity contribution >= 4 is 5.91 Å². The Morgan fingerprint density at radius 2 is 2.17 bits per heavy atom. The van der Waals surface area contributed by atoms with E-state index in [0.717, 1.165) is 32.4 Å². The molecular formula is C14H27N2O2. The van der Waals surface area contributed by atoms with Crippen LogP contribution in [0.25, 0.3) is 0 Å². The van der Waals surface area contributed by atoms with Gasteiger partial charge in [0.25, 0.3) is 0 Å². The Kier molecular flexibility index (Phi) is 6.09. The van der Waals surface area contributed by atoms with E-state index in [-0.39, 0.29) is 23.8 Å². The van der Waals surface area contributed by atoms with Crippen molar-refractivity contribution in [2.45, 2.75) is 46.1 Å². The van der Waals surface area contributed by atoms with E-state index in [0.29, 0.717) is 5.92 Å². The summed E-state index contributed by atoms with van der Waals surface area (Å²) >= 11 is 0. The summed E-state index contributed by atoms with van der Waals surface area (Å²) < 4.78 is 0. The fraction of sp³-hybridized carbons (Fsp3) is 0.857. The maximum Gasteiger partial charge on any atom is 0.239 e. The minimum atomic E-state index is -0.217. The number of rotatable bonds is 7. The van der Waals surface area contributed by atoms with E-state index in [1.807, 2.05) is 11.9 Å². The van der Waals surface area contributed by atoms with E-state index in [9.17, 15) is 9.90 Å². The van der Waals surface area contributed by atoms with Gasteiger partial charge in [0.15, 0.2) is 0 Å². The number of hydrogen-bond acceptors (Lipinski definition) is 3.